The minimum absolute atomic E-state index is 0.105. The Morgan fingerprint density at radius 2 is 1.82 bits per heavy atom. The average molecular weight is 429 g/mol. The summed E-state index contributed by atoms with van der Waals surface area (Å²) in [6.45, 7) is 2.60. The molecule has 4 nitrogen and oxygen atoms in total. The minimum atomic E-state index is -0.912. The van der Waals surface area contributed by atoms with Gasteiger partial charge in [0.2, 0.25) is 5.78 Å². The van der Waals surface area contributed by atoms with Crippen LogP contribution in [0.2, 0.25) is 0 Å². The number of nitrogens with zero attached hydrogens (tertiary/aromatic N) is 1. The third-order valence-corrected chi connectivity index (χ3v) is 4.37. The van der Waals surface area contributed by atoms with Crippen LogP contribution < -0.4 is 0 Å². The summed E-state index contributed by atoms with van der Waals surface area (Å²) in [6, 6.07) is 8.84. The molecule has 2 aromatic rings. The molecule has 0 aliphatic rings. The Labute approximate surface area is 145 Å². The molecule has 0 radical (unpaired) electrons. The number of hydrogen-bond acceptors (Lipinski definition) is 2. The van der Waals surface area contributed by atoms with Gasteiger partial charge in [-0.25, -0.2) is 0 Å². The van der Waals surface area contributed by atoms with E-state index in [0.717, 1.165) is 10.9 Å². The second-order valence-corrected chi connectivity index (χ2v) is 6.66. The van der Waals surface area contributed by atoms with Crippen molar-refractivity contribution in [1.29, 1.82) is 0 Å². The van der Waals surface area contributed by atoms with Gasteiger partial charge in [0.15, 0.2) is 0 Å². The molecule has 1 heterocycles. The maximum Gasteiger partial charge on any atom is 0.309 e. The van der Waals surface area contributed by atoms with Crippen molar-refractivity contribution in [2.45, 2.75) is 26.3 Å². The SMILES string of the molecule is CCCn1c(CC(=O)O)cc(Br)c1C(=O)c1ccc(Br)cc1. The Morgan fingerprint density at radius 1 is 1.18 bits per heavy atom. The van der Waals surface area contributed by atoms with Crippen LogP contribution in [0, 0.1) is 0 Å². The van der Waals surface area contributed by atoms with E-state index in [1.165, 1.54) is 0 Å². The number of halogens is 2. The van der Waals surface area contributed by atoms with Crippen molar-refractivity contribution in [2.75, 3.05) is 0 Å². The molecule has 0 saturated carbocycles. The highest BCUT2D eigenvalue weighted by atomic mass is 79.9. The van der Waals surface area contributed by atoms with E-state index < -0.39 is 5.97 Å². The molecular weight excluding hydrogens is 414 g/mol. The highest BCUT2D eigenvalue weighted by Crippen LogP contribution is 2.26. The fraction of sp³-hybridized carbons (Fsp3) is 0.250. The van der Waals surface area contributed by atoms with Crippen LogP contribution in [0.3, 0.4) is 0 Å². The van der Waals surface area contributed by atoms with Gasteiger partial charge in [0.05, 0.1) is 6.42 Å². The fourth-order valence-corrected chi connectivity index (χ4v) is 3.24. The number of hydrogen-bond donors (Lipinski definition) is 1. The molecule has 1 N–H and O–H groups in total. The second-order valence-electron chi connectivity index (χ2n) is 4.89. The van der Waals surface area contributed by atoms with E-state index in [-0.39, 0.29) is 12.2 Å². The molecule has 0 aliphatic heterocycles. The van der Waals surface area contributed by atoms with Gasteiger partial charge in [-0.15, -0.1) is 0 Å². The molecule has 1 aromatic carbocycles. The summed E-state index contributed by atoms with van der Waals surface area (Å²) < 4.78 is 3.33. The summed E-state index contributed by atoms with van der Waals surface area (Å²) in [5.41, 5.74) is 1.70. The Bertz CT molecular complexity index is 705. The predicted molar refractivity (Wildman–Crippen MR) is 91.3 cm³/mol. The normalized spacial score (nSPS) is 10.7. The zero-order valence-electron chi connectivity index (χ0n) is 12.0. The molecule has 0 atom stereocenters. The Balaban J connectivity index is 2.48. The zero-order chi connectivity index (χ0) is 16.3. The van der Waals surface area contributed by atoms with Crippen molar-refractivity contribution >= 4 is 43.6 Å². The van der Waals surface area contributed by atoms with E-state index >= 15 is 0 Å². The Morgan fingerprint density at radius 3 is 2.36 bits per heavy atom. The number of aliphatic carboxylic acids is 1. The van der Waals surface area contributed by atoms with Crippen molar-refractivity contribution in [3.8, 4) is 0 Å². The van der Waals surface area contributed by atoms with Crippen LogP contribution in [-0.2, 0) is 17.8 Å². The maximum atomic E-state index is 12.8. The topological polar surface area (TPSA) is 59.3 Å². The van der Waals surface area contributed by atoms with Crippen molar-refractivity contribution in [3.63, 3.8) is 0 Å². The monoisotopic (exact) mass is 427 g/mol. The third kappa shape index (κ3) is 3.67. The number of carbonyl (C=O) groups is 2. The van der Waals surface area contributed by atoms with Gasteiger partial charge in [-0.3, -0.25) is 9.59 Å². The van der Waals surface area contributed by atoms with Crippen LogP contribution in [0.4, 0.5) is 0 Å². The summed E-state index contributed by atoms with van der Waals surface area (Å²) >= 11 is 6.74. The first-order chi connectivity index (χ1) is 10.4. The molecule has 116 valence electrons. The van der Waals surface area contributed by atoms with E-state index in [1.807, 2.05) is 19.1 Å². The zero-order valence-corrected chi connectivity index (χ0v) is 15.1. The molecule has 22 heavy (non-hydrogen) atoms. The summed E-state index contributed by atoms with van der Waals surface area (Å²) in [5.74, 6) is -1.03. The van der Waals surface area contributed by atoms with Crippen molar-refractivity contribution in [3.05, 3.63) is 56.2 Å². The Kier molecular flexibility index (Phi) is 5.58. The number of aromatic nitrogens is 1. The summed E-state index contributed by atoms with van der Waals surface area (Å²) in [4.78, 5) is 23.8. The Hall–Kier alpha value is -1.40. The fourth-order valence-electron chi connectivity index (χ4n) is 2.31. The number of carbonyl (C=O) groups excluding carboxylic acids is 1. The van der Waals surface area contributed by atoms with Crippen molar-refractivity contribution in [1.82, 2.24) is 4.57 Å². The molecule has 0 amide bonds. The third-order valence-electron chi connectivity index (χ3n) is 3.24. The van der Waals surface area contributed by atoms with Gasteiger partial charge in [0, 0.05) is 26.7 Å². The summed E-state index contributed by atoms with van der Waals surface area (Å²) in [5, 5.41) is 9.03. The highest BCUT2D eigenvalue weighted by molar-refractivity contribution is 9.10. The molecule has 0 saturated heterocycles. The molecular formula is C16H15Br2NO3. The quantitative estimate of drug-likeness (QED) is 0.698. The molecule has 0 unspecified atom stereocenters. The minimum Gasteiger partial charge on any atom is -0.481 e. The molecule has 0 bridgehead atoms. The summed E-state index contributed by atoms with van der Waals surface area (Å²) in [6.07, 6.45) is 0.709. The van der Waals surface area contributed by atoms with E-state index in [1.54, 1.807) is 22.8 Å². The lowest BCUT2D eigenvalue weighted by molar-refractivity contribution is -0.136. The molecule has 0 fully saturated rings. The highest BCUT2D eigenvalue weighted by Gasteiger charge is 2.21. The van der Waals surface area contributed by atoms with Gasteiger partial charge in [0.25, 0.3) is 0 Å². The van der Waals surface area contributed by atoms with Crippen LogP contribution in [0.25, 0.3) is 0 Å². The van der Waals surface area contributed by atoms with Gasteiger partial charge >= 0.3 is 5.97 Å². The van der Waals surface area contributed by atoms with Crippen molar-refractivity contribution < 1.29 is 14.7 Å². The molecule has 0 aliphatic carbocycles. The first kappa shape index (κ1) is 17.0. The smallest absolute Gasteiger partial charge is 0.309 e. The van der Waals surface area contributed by atoms with E-state index in [0.29, 0.717) is 28.0 Å². The van der Waals surface area contributed by atoms with Gasteiger partial charge in [-0.05, 0) is 52.7 Å². The van der Waals surface area contributed by atoms with E-state index in [4.69, 9.17) is 5.11 Å². The molecule has 6 heteroatoms. The van der Waals surface area contributed by atoms with Gasteiger partial charge in [-0.1, -0.05) is 22.9 Å². The summed E-state index contributed by atoms with van der Waals surface area (Å²) in [7, 11) is 0. The molecule has 0 spiro atoms. The second kappa shape index (κ2) is 7.24. The van der Waals surface area contributed by atoms with E-state index in [9.17, 15) is 9.59 Å². The van der Waals surface area contributed by atoms with Crippen molar-refractivity contribution in [2.24, 2.45) is 0 Å². The molecule has 2 rings (SSSR count). The van der Waals surface area contributed by atoms with Crippen LogP contribution in [0.1, 0.15) is 35.1 Å². The number of carboxylic acid groups (broad SMARTS) is 1. The predicted octanol–water partition coefficient (Wildman–Crippen LogP) is 4.28. The van der Waals surface area contributed by atoms with Crippen LogP contribution in [0.15, 0.2) is 39.3 Å². The maximum absolute atomic E-state index is 12.8. The van der Waals surface area contributed by atoms with Crippen LogP contribution in [-0.4, -0.2) is 21.4 Å². The number of benzene rings is 1. The van der Waals surface area contributed by atoms with Crippen LogP contribution in [0.5, 0.6) is 0 Å². The lowest BCUT2D eigenvalue weighted by Crippen LogP contribution is -2.15. The lowest BCUT2D eigenvalue weighted by atomic mass is 10.1. The standard InChI is InChI=1S/C16H15Br2NO3/c1-2-7-19-12(9-14(20)21)8-13(18)15(19)16(22)10-3-5-11(17)6-4-10/h3-6,8H,2,7,9H2,1H3,(H,20,21). The lowest BCUT2D eigenvalue weighted by Gasteiger charge is -2.11. The average Bonchev–Trinajstić information content (AvgIpc) is 2.74. The first-order valence-electron chi connectivity index (χ1n) is 6.84. The first-order valence-corrected chi connectivity index (χ1v) is 8.42. The largest absolute Gasteiger partial charge is 0.481 e. The van der Waals surface area contributed by atoms with Gasteiger partial charge in [0.1, 0.15) is 5.69 Å². The number of ketones is 1. The number of carboxylic acids is 1. The van der Waals surface area contributed by atoms with Gasteiger partial charge in [-0.2, -0.15) is 0 Å². The van der Waals surface area contributed by atoms with Gasteiger partial charge < -0.3 is 9.67 Å². The molecule has 1 aromatic heterocycles. The number of rotatable bonds is 6. The van der Waals surface area contributed by atoms with E-state index in [2.05, 4.69) is 31.9 Å². The van der Waals surface area contributed by atoms with Crippen LogP contribution >= 0.6 is 31.9 Å².